The molecule has 1 heterocycles. The first-order chi connectivity index (χ1) is 7.56. The van der Waals surface area contributed by atoms with E-state index in [1.165, 1.54) is 12.8 Å². The van der Waals surface area contributed by atoms with Crippen LogP contribution in [0.2, 0.25) is 0 Å². The summed E-state index contributed by atoms with van der Waals surface area (Å²) in [5.41, 5.74) is 0. The van der Waals surface area contributed by atoms with E-state index < -0.39 is 5.97 Å². The van der Waals surface area contributed by atoms with Gasteiger partial charge in [-0.25, -0.2) is 4.79 Å². The van der Waals surface area contributed by atoms with Crippen LogP contribution in [0, 0.1) is 11.8 Å². The number of carbonyl (C=O) groups excluding carboxylic acids is 1. The number of nitrogens with zero attached hydrogens (tertiary/aromatic N) is 1. The Balaban J connectivity index is 1.66. The number of carbonyl (C=O) groups is 2. The third kappa shape index (κ3) is 2.65. The van der Waals surface area contributed by atoms with E-state index in [0.29, 0.717) is 19.0 Å². The molecule has 2 amide bonds. The molecule has 2 fully saturated rings. The first-order valence-corrected chi connectivity index (χ1v) is 5.83. The molecular weight excluding hydrogens is 208 g/mol. The lowest BCUT2D eigenvalue weighted by molar-refractivity contribution is -0.139. The topological polar surface area (TPSA) is 69.6 Å². The van der Waals surface area contributed by atoms with Gasteiger partial charge < -0.3 is 15.3 Å². The van der Waals surface area contributed by atoms with Crippen LogP contribution < -0.4 is 5.32 Å². The number of urea groups is 1. The largest absolute Gasteiger partial charge is 0.481 e. The number of rotatable bonds is 4. The maximum atomic E-state index is 11.7. The molecular formula is C11H18N2O3. The van der Waals surface area contributed by atoms with Gasteiger partial charge in [-0.3, -0.25) is 4.79 Å². The van der Waals surface area contributed by atoms with Crippen molar-refractivity contribution in [1.29, 1.82) is 0 Å². The van der Waals surface area contributed by atoms with E-state index in [1.807, 2.05) is 6.92 Å². The number of hydrogen-bond acceptors (Lipinski definition) is 2. The van der Waals surface area contributed by atoms with Gasteiger partial charge in [0.2, 0.25) is 0 Å². The molecule has 1 unspecified atom stereocenters. The summed E-state index contributed by atoms with van der Waals surface area (Å²) < 4.78 is 0. The van der Waals surface area contributed by atoms with Gasteiger partial charge in [-0.1, -0.05) is 0 Å². The fourth-order valence-electron chi connectivity index (χ4n) is 2.11. The number of nitrogens with one attached hydrogen (secondary N) is 1. The summed E-state index contributed by atoms with van der Waals surface area (Å²) in [5, 5.41) is 11.5. The van der Waals surface area contributed by atoms with E-state index in [4.69, 9.17) is 5.11 Å². The third-order valence-electron chi connectivity index (χ3n) is 3.39. The quantitative estimate of drug-likeness (QED) is 0.748. The van der Waals surface area contributed by atoms with Crippen molar-refractivity contribution in [2.24, 2.45) is 11.8 Å². The minimum Gasteiger partial charge on any atom is -0.481 e. The molecule has 16 heavy (non-hydrogen) atoms. The lowest BCUT2D eigenvalue weighted by atomic mass is 9.97. The lowest BCUT2D eigenvalue weighted by Crippen LogP contribution is -2.55. The molecule has 0 spiro atoms. The summed E-state index contributed by atoms with van der Waals surface area (Å²) in [7, 11) is 0. The molecule has 0 bridgehead atoms. The van der Waals surface area contributed by atoms with Crippen LogP contribution in [-0.2, 0) is 4.79 Å². The average Bonchev–Trinajstić information content (AvgIpc) is 2.92. The second-order valence-electron chi connectivity index (χ2n) is 4.94. The Hall–Kier alpha value is -1.26. The van der Waals surface area contributed by atoms with Gasteiger partial charge in [-0.05, 0) is 25.7 Å². The molecule has 1 saturated heterocycles. The highest BCUT2D eigenvalue weighted by Gasteiger charge is 2.35. The van der Waals surface area contributed by atoms with Crippen molar-refractivity contribution in [3.05, 3.63) is 0 Å². The Labute approximate surface area is 94.8 Å². The zero-order valence-corrected chi connectivity index (χ0v) is 9.48. The highest BCUT2D eigenvalue weighted by molar-refractivity contribution is 5.76. The summed E-state index contributed by atoms with van der Waals surface area (Å²) in [6.07, 6.45) is 2.59. The monoisotopic (exact) mass is 226 g/mol. The molecule has 1 saturated carbocycles. The van der Waals surface area contributed by atoms with E-state index in [1.54, 1.807) is 4.90 Å². The zero-order chi connectivity index (χ0) is 11.7. The number of hydrogen-bond donors (Lipinski definition) is 2. The van der Waals surface area contributed by atoms with Gasteiger partial charge in [-0.15, -0.1) is 0 Å². The van der Waals surface area contributed by atoms with Gasteiger partial charge in [-0.2, -0.15) is 0 Å². The number of carboxylic acid groups (broad SMARTS) is 1. The zero-order valence-electron chi connectivity index (χ0n) is 9.48. The Morgan fingerprint density at radius 2 is 2.06 bits per heavy atom. The number of amides is 2. The number of carboxylic acids is 1. The van der Waals surface area contributed by atoms with Crippen LogP contribution in [0.1, 0.15) is 26.2 Å². The van der Waals surface area contributed by atoms with Crippen LogP contribution in [0.5, 0.6) is 0 Å². The molecule has 0 radical (unpaired) electrons. The van der Waals surface area contributed by atoms with Gasteiger partial charge in [0.05, 0.1) is 6.42 Å². The Morgan fingerprint density at radius 3 is 2.56 bits per heavy atom. The van der Waals surface area contributed by atoms with Crippen LogP contribution >= 0.6 is 0 Å². The van der Waals surface area contributed by atoms with E-state index in [9.17, 15) is 9.59 Å². The molecule has 1 aliphatic carbocycles. The second kappa shape index (κ2) is 4.31. The van der Waals surface area contributed by atoms with E-state index >= 15 is 0 Å². The summed E-state index contributed by atoms with van der Waals surface area (Å²) in [6, 6.07) is 0.215. The van der Waals surface area contributed by atoms with Crippen molar-refractivity contribution in [1.82, 2.24) is 10.2 Å². The molecule has 5 nitrogen and oxygen atoms in total. The van der Waals surface area contributed by atoms with Crippen LogP contribution in [-0.4, -0.2) is 41.1 Å². The molecule has 1 atom stereocenters. The van der Waals surface area contributed by atoms with Crippen molar-refractivity contribution in [2.75, 3.05) is 13.1 Å². The fourth-order valence-corrected chi connectivity index (χ4v) is 2.11. The maximum absolute atomic E-state index is 11.7. The number of aliphatic carboxylic acids is 1. The Morgan fingerprint density at radius 1 is 1.44 bits per heavy atom. The molecule has 90 valence electrons. The predicted octanol–water partition coefficient (Wildman–Crippen LogP) is 0.901. The average molecular weight is 226 g/mol. The molecule has 1 aliphatic heterocycles. The highest BCUT2D eigenvalue weighted by atomic mass is 16.4. The number of likely N-dealkylation sites (tertiary alicyclic amines) is 1. The van der Waals surface area contributed by atoms with Crippen molar-refractivity contribution in [2.45, 2.75) is 32.2 Å². The molecule has 2 aliphatic rings. The van der Waals surface area contributed by atoms with Gasteiger partial charge in [0.15, 0.2) is 0 Å². The van der Waals surface area contributed by atoms with Crippen molar-refractivity contribution >= 4 is 12.0 Å². The third-order valence-corrected chi connectivity index (χ3v) is 3.39. The molecule has 2 rings (SSSR count). The second-order valence-corrected chi connectivity index (χ2v) is 4.94. The maximum Gasteiger partial charge on any atom is 0.317 e. The van der Waals surface area contributed by atoms with Crippen LogP contribution in [0.4, 0.5) is 4.79 Å². The minimum atomic E-state index is -0.781. The highest BCUT2D eigenvalue weighted by Crippen LogP contribution is 2.32. The van der Waals surface area contributed by atoms with Crippen molar-refractivity contribution in [3.8, 4) is 0 Å². The van der Waals surface area contributed by atoms with Gasteiger partial charge in [0.25, 0.3) is 0 Å². The molecule has 0 aromatic carbocycles. The normalized spacial score (nSPS) is 22.4. The predicted molar refractivity (Wildman–Crippen MR) is 58.0 cm³/mol. The summed E-state index contributed by atoms with van der Waals surface area (Å²) >= 11 is 0. The summed E-state index contributed by atoms with van der Waals surface area (Å²) in [4.78, 5) is 23.8. The Bertz CT molecular complexity index is 296. The van der Waals surface area contributed by atoms with Crippen molar-refractivity contribution in [3.63, 3.8) is 0 Å². The van der Waals surface area contributed by atoms with Gasteiger partial charge in [0, 0.05) is 25.0 Å². The Kier molecular flexibility index (Phi) is 3.03. The molecule has 0 aromatic heterocycles. The summed E-state index contributed by atoms with van der Waals surface area (Å²) in [6.45, 7) is 3.19. The first kappa shape index (κ1) is 11.2. The van der Waals surface area contributed by atoms with Gasteiger partial charge >= 0.3 is 12.0 Å². The van der Waals surface area contributed by atoms with Crippen LogP contribution in [0.3, 0.4) is 0 Å². The SMILES string of the molecule is CC(NC(=O)N1CC(CC(=O)O)C1)C1CC1. The van der Waals surface area contributed by atoms with Crippen molar-refractivity contribution < 1.29 is 14.7 Å². The first-order valence-electron chi connectivity index (χ1n) is 5.83. The summed E-state index contributed by atoms with van der Waals surface area (Å²) in [5.74, 6) is 0.0101. The standard InChI is InChI=1S/C11H18N2O3/c1-7(9-2-3-9)12-11(16)13-5-8(6-13)4-10(14)15/h7-9H,2-6H2,1H3,(H,12,16)(H,14,15). The van der Waals surface area contributed by atoms with Gasteiger partial charge in [0.1, 0.15) is 0 Å². The van der Waals surface area contributed by atoms with Crippen LogP contribution in [0.25, 0.3) is 0 Å². The lowest BCUT2D eigenvalue weighted by Gasteiger charge is -2.39. The van der Waals surface area contributed by atoms with E-state index in [0.717, 1.165) is 0 Å². The minimum absolute atomic E-state index is 0.0407. The fraction of sp³-hybridized carbons (Fsp3) is 0.818. The molecule has 5 heteroatoms. The van der Waals surface area contributed by atoms with E-state index in [-0.39, 0.29) is 24.4 Å². The van der Waals surface area contributed by atoms with E-state index in [2.05, 4.69) is 5.32 Å². The smallest absolute Gasteiger partial charge is 0.317 e. The van der Waals surface area contributed by atoms with Crippen LogP contribution in [0.15, 0.2) is 0 Å². The molecule has 2 N–H and O–H groups in total. The molecule has 0 aromatic rings.